The molecule has 3 aromatic heterocycles. The summed E-state index contributed by atoms with van der Waals surface area (Å²) in [5.74, 6) is -0.296. The van der Waals surface area contributed by atoms with Crippen LogP contribution in [-0.4, -0.2) is 56.8 Å². The molecule has 10 heteroatoms. The molecule has 43 heavy (non-hydrogen) atoms. The molecule has 0 saturated carbocycles. The van der Waals surface area contributed by atoms with Gasteiger partial charge in [0.2, 0.25) is 0 Å². The summed E-state index contributed by atoms with van der Waals surface area (Å²) < 4.78 is 1.52. The highest BCUT2D eigenvalue weighted by Gasteiger charge is 2.13. The summed E-state index contributed by atoms with van der Waals surface area (Å²) in [5, 5.41) is 27.0. The van der Waals surface area contributed by atoms with Gasteiger partial charge in [-0.05, 0) is 70.6 Å². The molecular formula is C33H34N6O4. The molecule has 2 aromatic carbocycles. The van der Waals surface area contributed by atoms with E-state index >= 15 is 0 Å². The van der Waals surface area contributed by atoms with Gasteiger partial charge >= 0.3 is 0 Å². The minimum atomic E-state index is -0.296. The number of aliphatic hydroxyl groups is 2. The third-order valence-corrected chi connectivity index (χ3v) is 7.15. The average Bonchev–Trinajstić information content (AvgIpc) is 3.03. The number of anilines is 1. The smallest absolute Gasteiger partial charge is 0.274 e. The quantitative estimate of drug-likeness (QED) is 0.142. The first kappa shape index (κ1) is 29.7. The molecule has 0 aliphatic carbocycles. The van der Waals surface area contributed by atoms with Crippen LogP contribution < -0.4 is 21.5 Å². The van der Waals surface area contributed by atoms with E-state index in [1.165, 1.54) is 4.40 Å². The van der Waals surface area contributed by atoms with Gasteiger partial charge in [0.25, 0.3) is 11.5 Å². The molecule has 5 rings (SSSR count). The van der Waals surface area contributed by atoms with Crippen molar-refractivity contribution in [3.8, 4) is 22.3 Å². The van der Waals surface area contributed by atoms with E-state index in [0.29, 0.717) is 48.8 Å². The Hall–Kier alpha value is -4.74. The highest BCUT2D eigenvalue weighted by Crippen LogP contribution is 2.32. The number of pyridine rings is 2. The Labute approximate surface area is 249 Å². The van der Waals surface area contributed by atoms with Crippen LogP contribution >= 0.6 is 0 Å². The molecule has 5 aromatic rings. The van der Waals surface area contributed by atoms with Gasteiger partial charge in [0.05, 0.1) is 13.2 Å². The Morgan fingerprint density at radius 1 is 0.837 bits per heavy atom. The second kappa shape index (κ2) is 14.0. The van der Waals surface area contributed by atoms with Crippen molar-refractivity contribution in [1.82, 2.24) is 25.0 Å². The third-order valence-electron chi connectivity index (χ3n) is 7.15. The van der Waals surface area contributed by atoms with E-state index in [1.54, 1.807) is 24.7 Å². The highest BCUT2D eigenvalue weighted by molar-refractivity contribution is 6.03. The lowest BCUT2D eigenvalue weighted by Gasteiger charge is -2.14. The normalized spacial score (nSPS) is 11.1. The molecular weight excluding hydrogens is 544 g/mol. The third kappa shape index (κ3) is 7.02. The molecule has 5 N–H and O–H groups in total. The highest BCUT2D eigenvalue weighted by atomic mass is 16.3. The summed E-state index contributed by atoms with van der Waals surface area (Å²) in [5.41, 5.74) is 7.64. The predicted octanol–water partition coefficient (Wildman–Crippen LogP) is 3.15. The summed E-state index contributed by atoms with van der Waals surface area (Å²) in [6.07, 6.45) is 4.96. The fraction of sp³-hybridized carbons (Fsp3) is 0.212. The zero-order valence-electron chi connectivity index (χ0n) is 23.9. The molecule has 0 spiro atoms. The van der Waals surface area contributed by atoms with Gasteiger partial charge in [0.1, 0.15) is 11.3 Å². The second-order valence-corrected chi connectivity index (χ2v) is 10.1. The van der Waals surface area contributed by atoms with Crippen molar-refractivity contribution in [3.05, 3.63) is 118 Å². The number of benzene rings is 2. The number of hydrogen-bond acceptors (Lipinski definition) is 8. The number of fused-ring (bicyclic) bond motifs is 1. The molecule has 220 valence electrons. The molecule has 0 unspecified atom stereocenters. The first-order valence-electron chi connectivity index (χ1n) is 14.1. The van der Waals surface area contributed by atoms with Crippen molar-refractivity contribution in [2.24, 2.45) is 0 Å². The van der Waals surface area contributed by atoms with Crippen molar-refractivity contribution in [3.63, 3.8) is 0 Å². The SMILES string of the molecule is Cc1c(NC(=O)c2ccc(CNCCO)cn2)cccc1-c1cccc(-c2ccn3c(=O)c(CNCCO)cnc3c2)c1. The number of aromatic nitrogens is 3. The van der Waals surface area contributed by atoms with E-state index in [1.807, 2.05) is 61.5 Å². The Bertz CT molecular complexity index is 1790. The Morgan fingerprint density at radius 3 is 2.35 bits per heavy atom. The van der Waals surface area contributed by atoms with Gasteiger partial charge in [-0.2, -0.15) is 0 Å². The van der Waals surface area contributed by atoms with Crippen LogP contribution in [0.1, 0.15) is 27.2 Å². The van der Waals surface area contributed by atoms with Gasteiger partial charge in [-0.1, -0.05) is 36.4 Å². The van der Waals surface area contributed by atoms with E-state index < -0.39 is 0 Å². The number of nitrogens with one attached hydrogen (secondary N) is 3. The maximum absolute atomic E-state index is 13.0. The minimum absolute atomic E-state index is 0.00110. The summed E-state index contributed by atoms with van der Waals surface area (Å²) >= 11 is 0. The van der Waals surface area contributed by atoms with E-state index in [4.69, 9.17) is 10.2 Å². The number of aliphatic hydroxyl groups excluding tert-OH is 2. The molecule has 0 fully saturated rings. The topological polar surface area (TPSA) is 141 Å². The molecule has 1 amide bonds. The fourth-order valence-electron chi connectivity index (χ4n) is 4.83. The molecule has 0 atom stereocenters. The van der Waals surface area contributed by atoms with Crippen LogP contribution in [0.25, 0.3) is 27.9 Å². The van der Waals surface area contributed by atoms with Crippen LogP contribution in [0.5, 0.6) is 0 Å². The molecule has 3 heterocycles. The van der Waals surface area contributed by atoms with E-state index in [-0.39, 0.29) is 24.7 Å². The van der Waals surface area contributed by atoms with Crippen LogP contribution in [0.4, 0.5) is 5.69 Å². The van der Waals surface area contributed by atoms with Crippen LogP contribution in [0.2, 0.25) is 0 Å². The van der Waals surface area contributed by atoms with Crippen molar-refractivity contribution < 1.29 is 15.0 Å². The van der Waals surface area contributed by atoms with Crippen molar-refractivity contribution >= 4 is 17.2 Å². The number of amides is 1. The molecule has 0 bridgehead atoms. The van der Waals surface area contributed by atoms with Crippen molar-refractivity contribution in [2.75, 3.05) is 31.6 Å². The molecule has 0 aliphatic rings. The zero-order chi connectivity index (χ0) is 30.2. The maximum atomic E-state index is 13.0. The van der Waals surface area contributed by atoms with Gasteiger partial charge in [0, 0.05) is 56.0 Å². The average molecular weight is 579 g/mol. The Morgan fingerprint density at radius 2 is 1.58 bits per heavy atom. The number of nitrogens with zero attached hydrogens (tertiary/aromatic N) is 3. The largest absolute Gasteiger partial charge is 0.395 e. The van der Waals surface area contributed by atoms with Crippen LogP contribution in [0.3, 0.4) is 0 Å². The standard InChI is InChI=1S/C33H34N6O4/c1-22-28(6-3-7-29(22)38-32(42)30-9-8-23(19-36-30)18-34-11-14-40)26-5-2-4-24(16-26)25-10-13-39-31(17-25)37-21-27(33(39)43)20-35-12-15-41/h2-10,13,16-17,19,21,34-35,40-41H,11-12,14-15,18,20H2,1H3,(H,38,42). The van der Waals surface area contributed by atoms with Gasteiger partial charge in [-0.3, -0.25) is 19.0 Å². The van der Waals surface area contributed by atoms with Crippen LogP contribution in [-0.2, 0) is 13.1 Å². The lowest BCUT2D eigenvalue weighted by Crippen LogP contribution is -2.26. The lowest BCUT2D eigenvalue weighted by atomic mass is 9.96. The van der Waals surface area contributed by atoms with E-state index in [2.05, 4.69) is 32.0 Å². The first-order chi connectivity index (χ1) is 21.0. The predicted molar refractivity (Wildman–Crippen MR) is 167 cm³/mol. The Balaban J connectivity index is 1.35. The molecule has 0 saturated heterocycles. The van der Waals surface area contributed by atoms with E-state index in [0.717, 1.165) is 33.4 Å². The number of carbonyl (C=O) groups excluding carboxylic acids is 1. The zero-order valence-corrected chi connectivity index (χ0v) is 23.9. The van der Waals surface area contributed by atoms with Crippen molar-refractivity contribution in [1.29, 1.82) is 0 Å². The molecule has 0 aliphatic heterocycles. The maximum Gasteiger partial charge on any atom is 0.274 e. The van der Waals surface area contributed by atoms with Gasteiger partial charge in [0.15, 0.2) is 0 Å². The fourth-order valence-corrected chi connectivity index (χ4v) is 4.83. The minimum Gasteiger partial charge on any atom is -0.395 e. The van der Waals surface area contributed by atoms with Gasteiger partial charge < -0.3 is 26.2 Å². The molecule has 0 radical (unpaired) electrons. The molecule has 10 nitrogen and oxygen atoms in total. The number of rotatable bonds is 12. The summed E-state index contributed by atoms with van der Waals surface area (Å²) in [7, 11) is 0. The van der Waals surface area contributed by atoms with E-state index in [9.17, 15) is 9.59 Å². The number of hydrogen-bond donors (Lipinski definition) is 5. The first-order valence-corrected chi connectivity index (χ1v) is 14.1. The summed E-state index contributed by atoms with van der Waals surface area (Å²) in [6, 6.07) is 21.2. The monoisotopic (exact) mass is 578 g/mol. The van der Waals surface area contributed by atoms with Crippen LogP contribution in [0, 0.1) is 6.92 Å². The van der Waals surface area contributed by atoms with Crippen LogP contribution in [0.15, 0.2) is 90.1 Å². The second-order valence-electron chi connectivity index (χ2n) is 10.1. The van der Waals surface area contributed by atoms with Gasteiger partial charge in [-0.25, -0.2) is 4.98 Å². The van der Waals surface area contributed by atoms with Crippen molar-refractivity contribution in [2.45, 2.75) is 20.0 Å². The number of carbonyl (C=O) groups is 1. The lowest BCUT2D eigenvalue weighted by molar-refractivity contribution is 0.102. The Kier molecular flexibility index (Phi) is 9.65. The summed E-state index contributed by atoms with van der Waals surface area (Å²) in [4.78, 5) is 34.7. The summed E-state index contributed by atoms with van der Waals surface area (Å²) in [6.45, 7) is 3.84. The van der Waals surface area contributed by atoms with Gasteiger partial charge in [-0.15, -0.1) is 0 Å².